The minimum atomic E-state index is -4.67. The highest BCUT2D eigenvalue weighted by Crippen LogP contribution is 2.34. The molecular weight excluding hydrogens is 221 g/mol. The molecule has 0 aliphatic carbocycles. The summed E-state index contributed by atoms with van der Waals surface area (Å²) in [4.78, 5) is 13.8. The fourth-order valence-electron chi connectivity index (χ4n) is 1.33. The van der Waals surface area contributed by atoms with E-state index in [0.29, 0.717) is 5.69 Å². The molecule has 1 aromatic carbocycles. The number of nitrogens with zero attached hydrogens (tertiary/aromatic N) is 1. The first-order chi connectivity index (χ1) is 7.52. The number of benzene rings is 1. The normalized spacial score (nSPS) is 14.7. The highest BCUT2D eigenvalue weighted by atomic mass is 19.4. The van der Waals surface area contributed by atoms with Gasteiger partial charge in [-0.15, -0.1) is 0 Å². The van der Waals surface area contributed by atoms with Crippen molar-refractivity contribution < 1.29 is 18.0 Å². The van der Waals surface area contributed by atoms with Gasteiger partial charge in [-0.05, 0) is 12.1 Å². The van der Waals surface area contributed by atoms with E-state index < -0.39 is 17.6 Å². The monoisotopic (exact) mass is 226 g/mol. The van der Waals surface area contributed by atoms with E-state index >= 15 is 0 Å². The molecule has 0 unspecified atom stereocenters. The quantitative estimate of drug-likeness (QED) is 0.690. The summed E-state index contributed by atoms with van der Waals surface area (Å²) >= 11 is 0. The summed E-state index contributed by atoms with van der Waals surface area (Å²) in [5, 5.41) is 2.35. The van der Waals surface area contributed by atoms with Gasteiger partial charge < -0.3 is 5.32 Å². The molecule has 82 valence electrons. The van der Waals surface area contributed by atoms with Gasteiger partial charge in [0.25, 0.3) is 0 Å². The molecule has 0 radical (unpaired) electrons. The van der Waals surface area contributed by atoms with Crippen molar-refractivity contribution in [3.63, 3.8) is 0 Å². The standard InChI is InChI=1S/C10H5F3N2O/c11-10(12,13)9-8(5-16)14-6-3-1-2-4-7(6)15-9/h1-4,14H. The zero-order valence-electron chi connectivity index (χ0n) is 7.80. The number of para-hydroxylation sites is 2. The molecule has 0 bridgehead atoms. The molecule has 0 amide bonds. The van der Waals surface area contributed by atoms with Gasteiger partial charge in [-0.25, -0.2) is 9.79 Å². The van der Waals surface area contributed by atoms with Gasteiger partial charge in [0, 0.05) is 0 Å². The van der Waals surface area contributed by atoms with Crippen LogP contribution in [0.3, 0.4) is 0 Å². The largest absolute Gasteiger partial charge is 0.436 e. The van der Waals surface area contributed by atoms with E-state index in [4.69, 9.17) is 0 Å². The van der Waals surface area contributed by atoms with Crippen LogP contribution >= 0.6 is 0 Å². The maximum absolute atomic E-state index is 12.5. The summed E-state index contributed by atoms with van der Waals surface area (Å²) in [7, 11) is 0. The van der Waals surface area contributed by atoms with Crippen LogP contribution in [0.4, 0.5) is 24.5 Å². The van der Waals surface area contributed by atoms with Crippen LogP contribution < -0.4 is 5.32 Å². The predicted molar refractivity (Wildman–Crippen MR) is 52.4 cm³/mol. The molecule has 1 aromatic rings. The summed E-state index contributed by atoms with van der Waals surface area (Å²) in [6.45, 7) is 0. The van der Waals surface area contributed by atoms with Crippen molar-refractivity contribution in [1.82, 2.24) is 0 Å². The van der Waals surface area contributed by atoms with Crippen molar-refractivity contribution in [2.24, 2.45) is 4.99 Å². The average Bonchev–Trinajstić information content (AvgIpc) is 2.26. The van der Waals surface area contributed by atoms with E-state index in [1.165, 1.54) is 18.1 Å². The number of hydrogen-bond acceptors (Lipinski definition) is 3. The third kappa shape index (κ3) is 1.70. The topological polar surface area (TPSA) is 41.5 Å². The van der Waals surface area contributed by atoms with Crippen LogP contribution in [-0.4, -0.2) is 17.8 Å². The maximum atomic E-state index is 12.5. The van der Waals surface area contributed by atoms with Crippen LogP contribution in [0.2, 0.25) is 0 Å². The second-order valence-electron chi connectivity index (χ2n) is 3.08. The summed E-state index contributed by atoms with van der Waals surface area (Å²) in [6, 6.07) is 6.15. The molecule has 1 aliphatic rings. The molecule has 1 aliphatic heterocycles. The van der Waals surface area contributed by atoms with Gasteiger partial charge in [-0.2, -0.15) is 13.2 Å². The number of nitrogens with one attached hydrogen (secondary N) is 1. The van der Waals surface area contributed by atoms with E-state index in [0.717, 1.165) is 0 Å². The lowest BCUT2D eigenvalue weighted by Gasteiger charge is -2.19. The second-order valence-corrected chi connectivity index (χ2v) is 3.08. The molecule has 0 saturated carbocycles. The Morgan fingerprint density at radius 1 is 1.25 bits per heavy atom. The lowest BCUT2D eigenvalue weighted by molar-refractivity contribution is -0.0581. The Labute approximate surface area is 88.3 Å². The number of hydrogen-bond donors (Lipinski definition) is 1. The smallest absolute Gasteiger partial charge is 0.343 e. The Kier molecular flexibility index (Phi) is 2.29. The highest BCUT2D eigenvalue weighted by molar-refractivity contribution is 6.15. The van der Waals surface area contributed by atoms with Crippen LogP contribution in [0, 0.1) is 0 Å². The Bertz CT molecular complexity index is 513. The molecule has 16 heavy (non-hydrogen) atoms. The Hall–Kier alpha value is -2.07. The summed E-state index contributed by atoms with van der Waals surface area (Å²) in [5.74, 6) is 1.21. The molecule has 0 spiro atoms. The summed E-state index contributed by atoms with van der Waals surface area (Å²) < 4.78 is 37.5. The van der Waals surface area contributed by atoms with Crippen molar-refractivity contribution >= 4 is 23.0 Å². The zero-order chi connectivity index (χ0) is 11.8. The van der Waals surface area contributed by atoms with Gasteiger partial charge >= 0.3 is 6.18 Å². The van der Waals surface area contributed by atoms with Gasteiger partial charge in [0.1, 0.15) is 0 Å². The van der Waals surface area contributed by atoms with Gasteiger partial charge in [-0.3, -0.25) is 0 Å². The number of halogens is 3. The van der Waals surface area contributed by atoms with Crippen molar-refractivity contribution in [1.29, 1.82) is 0 Å². The van der Waals surface area contributed by atoms with Crippen LogP contribution in [-0.2, 0) is 4.79 Å². The van der Waals surface area contributed by atoms with Crippen LogP contribution in [0.25, 0.3) is 0 Å². The number of carbonyl (C=O) groups excluding carboxylic acids is 1. The summed E-state index contributed by atoms with van der Waals surface area (Å²) in [5.41, 5.74) is -1.44. The molecule has 0 atom stereocenters. The molecule has 0 saturated heterocycles. The minimum Gasteiger partial charge on any atom is -0.343 e. The second kappa shape index (κ2) is 3.50. The van der Waals surface area contributed by atoms with Crippen LogP contribution in [0.5, 0.6) is 0 Å². The van der Waals surface area contributed by atoms with Crippen molar-refractivity contribution in [3.8, 4) is 0 Å². The molecule has 3 nitrogen and oxygen atoms in total. The molecule has 0 fully saturated rings. The number of fused-ring (bicyclic) bond motifs is 1. The molecule has 0 aromatic heterocycles. The zero-order valence-corrected chi connectivity index (χ0v) is 7.80. The molecular formula is C10H5F3N2O. The highest BCUT2D eigenvalue weighted by Gasteiger charge is 2.41. The number of alkyl halides is 3. The first-order valence-electron chi connectivity index (χ1n) is 4.30. The molecule has 1 N–H and O–H groups in total. The fourth-order valence-corrected chi connectivity index (χ4v) is 1.33. The van der Waals surface area contributed by atoms with Crippen molar-refractivity contribution in [2.75, 3.05) is 5.32 Å². The molecule has 1 heterocycles. The van der Waals surface area contributed by atoms with Gasteiger partial charge in [0.2, 0.25) is 0 Å². The third-order valence-electron chi connectivity index (χ3n) is 2.00. The van der Waals surface area contributed by atoms with E-state index in [9.17, 15) is 18.0 Å². The summed E-state index contributed by atoms with van der Waals surface area (Å²) in [6.07, 6.45) is -4.67. The van der Waals surface area contributed by atoms with Gasteiger partial charge in [0.05, 0.1) is 11.4 Å². The Morgan fingerprint density at radius 2 is 1.94 bits per heavy atom. The average molecular weight is 226 g/mol. The van der Waals surface area contributed by atoms with E-state index in [-0.39, 0.29) is 5.69 Å². The lowest BCUT2D eigenvalue weighted by atomic mass is 10.1. The van der Waals surface area contributed by atoms with E-state index in [2.05, 4.69) is 10.3 Å². The fraction of sp³-hybridized carbons (Fsp3) is 0.100. The minimum absolute atomic E-state index is 0.147. The number of rotatable bonds is 0. The molecule has 2 rings (SSSR count). The Balaban J connectivity index is 2.60. The van der Waals surface area contributed by atoms with Gasteiger partial charge in [0.15, 0.2) is 17.4 Å². The van der Waals surface area contributed by atoms with Gasteiger partial charge in [-0.1, -0.05) is 12.1 Å². The van der Waals surface area contributed by atoms with Crippen LogP contribution in [0.15, 0.2) is 35.0 Å². The first kappa shape index (κ1) is 10.4. The van der Waals surface area contributed by atoms with Crippen molar-refractivity contribution in [3.05, 3.63) is 30.0 Å². The third-order valence-corrected chi connectivity index (χ3v) is 2.00. The first-order valence-corrected chi connectivity index (χ1v) is 4.30. The number of anilines is 1. The lowest BCUT2D eigenvalue weighted by Crippen LogP contribution is -2.30. The maximum Gasteiger partial charge on any atom is 0.436 e. The van der Waals surface area contributed by atoms with Crippen molar-refractivity contribution in [2.45, 2.75) is 6.18 Å². The van der Waals surface area contributed by atoms with E-state index in [1.54, 1.807) is 12.1 Å². The van der Waals surface area contributed by atoms with E-state index in [1.807, 2.05) is 0 Å². The Morgan fingerprint density at radius 3 is 2.56 bits per heavy atom. The number of allylic oxidation sites excluding steroid dienone is 1. The number of aliphatic imine (C=N–C) groups is 1. The predicted octanol–water partition coefficient (Wildman–Crippen LogP) is 2.46. The SMILES string of the molecule is O=C=C1Nc2ccccc2N=C1C(F)(F)F. The molecule has 6 heteroatoms. The van der Waals surface area contributed by atoms with Crippen LogP contribution in [0.1, 0.15) is 0 Å².